The van der Waals surface area contributed by atoms with Gasteiger partial charge in [0.2, 0.25) is 0 Å². The molecular formula is C16H24N2O2. The molecule has 1 aromatic heterocycles. The normalized spacial score (nSPS) is 16.3. The highest BCUT2D eigenvalue weighted by Gasteiger charge is 2.22. The van der Waals surface area contributed by atoms with Gasteiger partial charge in [0.25, 0.3) is 0 Å². The summed E-state index contributed by atoms with van der Waals surface area (Å²) in [5.74, 6) is 0.620. The number of carboxylic acids is 1. The number of nitrogens with zero attached hydrogens (tertiary/aromatic N) is 2. The van der Waals surface area contributed by atoms with Crippen LogP contribution < -0.4 is 0 Å². The Labute approximate surface area is 120 Å². The molecule has 1 N–H and O–H groups in total. The van der Waals surface area contributed by atoms with Crippen LogP contribution in [0.15, 0.2) is 0 Å². The van der Waals surface area contributed by atoms with Gasteiger partial charge in [-0.25, -0.2) is 9.97 Å². The first-order valence-corrected chi connectivity index (χ1v) is 7.76. The van der Waals surface area contributed by atoms with Gasteiger partial charge in [-0.3, -0.25) is 4.79 Å². The smallest absolute Gasteiger partial charge is 0.307 e. The Morgan fingerprint density at radius 2 is 1.65 bits per heavy atom. The van der Waals surface area contributed by atoms with Gasteiger partial charge in [-0.05, 0) is 25.7 Å². The van der Waals surface area contributed by atoms with Crippen LogP contribution in [0, 0.1) is 0 Å². The number of aryl methyl sites for hydroxylation is 2. The number of hydrogen-bond donors (Lipinski definition) is 1. The Kier molecular flexibility index (Phi) is 5.10. The first-order valence-electron chi connectivity index (χ1n) is 7.76. The number of hydrogen-bond acceptors (Lipinski definition) is 3. The summed E-state index contributed by atoms with van der Waals surface area (Å²) in [7, 11) is 0. The number of aliphatic carboxylic acids is 1. The molecule has 0 bridgehead atoms. The van der Waals surface area contributed by atoms with E-state index in [1.165, 1.54) is 32.1 Å². The molecular weight excluding hydrogens is 252 g/mol. The summed E-state index contributed by atoms with van der Waals surface area (Å²) in [6.07, 6.45) is 7.76. The minimum absolute atomic E-state index is 0.0390. The number of carboxylic acid groups (broad SMARTS) is 1. The van der Waals surface area contributed by atoms with E-state index in [-0.39, 0.29) is 6.42 Å². The molecule has 0 saturated heterocycles. The van der Waals surface area contributed by atoms with Crippen LogP contribution in [0.1, 0.15) is 74.6 Å². The van der Waals surface area contributed by atoms with Crippen LogP contribution in [-0.4, -0.2) is 21.0 Å². The van der Waals surface area contributed by atoms with Crippen LogP contribution >= 0.6 is 0 Å². The van der Waals surface area contributed by atoms with Crippen molar-refractivity contribution in [3.05, 3.63) is 22.8 Å². The summed E-state index contributed by atoms with van der Waals surface area (Å²) in [6.45, 7) is 4.08. The molecule has 2 rings (SSSR count). The van der Waals surface area contributed by atoms with Crippen LogP contribution in [0.25, 0.3) is 0 Å². The number of rotatable bonds is 5. The molecule has 0 spiro atoms. The third-order valence-corrected chi connectivity index (χ3v) is 4.16. The van der Waals surface area contributed by atoms with Crippen LogP contribution in [0.4, 0.5) is 0 Å². The van der Waals surface area contributed by atoms with Crippen LogP contribution in [0.5, 0.6) is 0 Å². The highest BCUT2D eigenvalue weighted by atomic mass is 16.4. The Hall–Kier alpha value is -1.45. The summed E-state index contributed by atoms with van der Waals surface area (Å²) >= 11 is 0. The van der Waals surface area contributed by atoms with E-state index in [4.69, 9.17) is 15.1 Å². The van der Waals surface area contributed by atoms with Gasteiger partial charge in [0.05, 0.1) is 6.42 Å². The lowest BCUT2D eigenvalue weighted by atomic mass is 9.88. The van der Waals surface area contributed by atoms with Crippen LogP contribution in [-0.2, 0) is 24.1 Å². The molecule has 110 valence electrons. The minimum atomic E-state index is -0.802. The van der Waals surface area contributed by atoms with Gasteiger partial charge >= 0.3 is 5.97 Å². The largest absolute Gasteiger partial charge is 0.481 e. The van der Waals surface area contributed by atoms with Crippen molar-refractivity contribution in [2.45, 2.75) is 71.1 Å². The maximum atomic E-state index is 11.0. The Bertz CT molecular complexity index is 454. The van der Waals surface area contributed by atoms with E-state index in [1.54, 1.807) is 0 Å². The molecule has 20 heavy (non-hydrogen) atoms. The molecule has 4 heteroatoms. The van der Waals surface area contributed by atoms with Gasteiger partial charge in [-0.2, -0.15) is 0 Å². The third-order valence-electron chi connectivity index (χ3n) is 4.16. The fourth-order valence-corrected chi connectivity index (χ4v) is 3.09. The zero-order chi connectivity index (χ0) is 14.5. The lowest BCUT2D eigenvalue weighted by Crippen LogP contribution is -2.16. The Balaban J connectivity index is 2.37. The van der Waals surface area contributed by atoms with Gasteiger partial charge < -0.3 is 5.11 Å². The summed E-state index contributed by atoms with van der Waals surface area (Å²) < 4.78 is 0. The van der Waals surface area contributed by atoms with Crippen LogP contribution in [0.2, 0.25) is 0 Å². The second-order valence-electron chi connectivity index (χ2n) is 5.57. The maximum absolute atomic E-state index is 11.0. The monoisotopic (exact) mass is 276 g/mol. The lowest BCUT2D eigenvalue weighted by molar-refractivity contribution is -0.136. The second-order valence-corrected chi connectivity index (χ2v) is 5.57. The highest BCUT2D eigenvalue weighted by Crippen LogP contribution is 2.31. The van der Waals surface area contributed by atoms with Crippen molar-refractivity contribution >= 4 is 5.97 Å². The van der Waals surface area contributed by atoms with Crippen molar-refractivity contribution in [2.24, 2.45) is 0 Å². The summed E-state index contributed by atoms with van der Waals surface area (Å²) in [5.41, 5.74) is 2.70. The standard InChI is InChI=1S/C16H24N2O2/c1-3-13-12(10-15(19)20)14(4-2)18-16(17-13)11-8-6-5-7-9-11/h11H,3-10H2,1-2H3,(H,19,20). The van der Waals surface area contributed by atoms with Crippen molar-refractivity contribution in [3.8, 4) is 0 Å². The van der Waals surface area contributed by atoms with Gasteiger partial charge in [-0.15, -0.1) is 0 Å². The molecule has 0 radical (unpaired) electrons. The topological polar surface area (TPSA) is 63.1 Å². The van der Waals surface area contributed by atoms with Gasteiger partial charge in [0, 0.05) is 22.9 Å². The van der Waals surface area contributed by atoms with E-state index in [9.17, 15) is 4.79 Å². The highest BCUT2D eigenvalue weighted by molar-refractivity contribution is 5.71. The van der Waals surface area contributed by atoms with E-state index in [1.807, 2.05) is 13.8 Å². The third kappa shape index (κ3) is 3.35. The molecule has 0 atom stereocenters. The SMILES string of the molecule is CCc1nc(C2CCCCC2)nc(CC)c1CC(=O)O. The van der Waals surface area contributed by atoms with Crippen molar-refractivity contribution < 1.29 is 9.90 Å². The minimum Gasteiger partial charge on any atom is -0.481 e. The fraction of sp³-hybridized carbons (Fsp3) is 0.688. The van der Waals surface area contributed by atoms with E-state index in [0.717, 1.165) is 35.6 Å². The molecule has 0 unspecified atom stereocenters. The second kappa shape index (κ2) is 6.82. The van der Waals surface area contributed by atoms with Gasteiger partial charge in [-0.1, -0.05) is 33.1 Å². The van der Waals surface area contributed by atoms with Gasteiger partial charge in [0.15, 0.2) is 0 Å². The zero-order valence-corrected chi connectivity index (χ0v) is 12.5. The quantitative estimate of drug-likeness (QED) is 0.896. The summed E-state index contributed by atoms with van der Waals surface area (Å²) in [5, 5.41) is 9.07. The molecule has 0 aliphatic heterocycles. The molecule has 1 heterocycles. The molecule has 0 amide bonds. The average molecular weight is 276 g/mol. The van der Waals surface area contributed by atoms with Crippen molar-refractivity contribution in [1.29, 1.82) is 0 Å². The van der Waals surface area contributed by atoms with E-state index < -0.39 is 5.97 Å². The summed E-state index contributed by atoms with van der Waals surface area (Å²) in [4.78, 5) is 20.4. The first-order chi connectivity index (χ1) is 9.65. The molecule has 4 nitrogen and oxygen atoms in total. The fourth-order valence-electron chi connectivity index (χ4n) is 3.09. The molecule has 1 saturated carbocycles. The van der Waals surface area contributed by atoms with Crippen molar-refractivity contribution in [2.75, 3.05) is 0 Å². The summed E-state index contributed by atoms with van der Waals surface area (Å²) in [6, 6.07) is 0. The zero-order valence-electron chi connectivity index (χ0n) is 12.5. The first kappa shape index (κ1) is 14.9. The van der Waals surface area contributed by atoms with Crippen molar-refractivity contribution in [3.63, 3.8) is 0 Å². The maximum Gasteiger partial charge on any atom is 0.307 e. The average Bonchev–Trinajstić information content (AvgIpc) is 2.47. The molecule has 1 aliphatic rings. The van der Waals surface area contributed by atoms with Crippen molar-refractivity contribution in [1.82, 2.24) is 9.97 Å². The van der Waals surface area contributed by atoms with E-state index >= 15 is 0 Å². The molecule has 0 aromatic carbocycles. The van der Waals surface area contributed by atoms with Crippen LogP contribution in [0.3, 0.4) is 0 Å². The van der Waals surface area contributed by atoms with E-state index in [0.29, 0.717) is 5.92 Å². The Morgan fingerprint density at radius 3 is 2.10 bits per heavy atom. The van der Waals surface area contributed by atoms with Gasteiger partial charge in [0.1, 0.15) is 5.82 Å². The molecule has 1 aliphatic carbocycles. The number of aromatic nitrogens is 2. The Morgan fingerprint density at radius 1 is 1.10 bits per heavy atom. The van der Waals surface area contributed by atoms with E-state index in [2.05, 4.69) is 0 Å². The molecule has 1 aromatic rings. The lowest BCUT2D eigenvalue weighted by Gasteiger charge is -2.22. The predicted octanol–water partition coefficient (Wildman–Crippen LogP) is 3.28. The predicted molar refractivity (Wildman–Crippen MR) is 78.0 cm³/mol. The number of carbonyl (C=O) groups is 1. The molecule has 1 fully saturated rings.